The molecular weight excluding hydrogens is 390 g/mol. The molecular formula is C26H35NO4. The Morgan fingerprint density at radius 3 is 2.45 bits per heavy atom. The molecule has 0 spiro atoms. The first-order chi connectivity index (χ1) is 15.0. The summed E-state index contributed by atoms with van der Waals surface area (Å²) in [6, 6.07) is 8.58. The predicted octanol–water partition coefficient (Wildman–Crippen LogP) is 4.33. The zero-order valence-corrected chi connectivity index (χ0v) is 18.9. The number of nitrogens with zero attached hydrogens (tertiary/aromatic N) is 1. The van der Waals surface area contributed by atoms with Gasteiger partial charge in [0.1, 0.15) is 5.75 Å². The van der Waals surface area contributed by atoms with Gasteiger partial charge < -0.3 is 14.4 Å². The van der Waals surface area contributed by atoms with Crippen LogP contribution in [0.4, 0.5) is 0 Å². The summed E-state index contributed by atoms with van der Waals surface area (Å²) in [6.07, 6.45) is 8.42. The summed E-state index contributed by atoms with van der Waals surface area (Å²) < 4.78 is 10.6. The average Bonchev–Trinajstić information content (AvgIpc) is 2.78. The van der Waals surface area contributed by atoms with Crippen LogP contribution in [0, 0.1) is 23.2 Å². The third-order valence-electron chi connectivity index (χ3n) is 8.55. The number of likely N-dealkylation sites (tertiary alicyclic amines) is 1. The summed E-state index contributed by atoms with van der Waals surface area (Å²) >= 11 is 0. The second-order valence-corrected chi connectivity index (χ2v) is 10.6. The van der Waals surface area contributed by atoms with Crippen LogP contribution in [0.25, 0.3) is 0 Å². The second-order valence-electron chi connectivity index (χ2n) is 10.6. The maximum atomic E-state index is 14.0. The second kappa shape index (κ2) is 7.83. The molecule has 4 aliphatic carbocycles. The fraction of sp³-hybridized carbons (Fsp3) is 0.692. The van der Waals surface area contributed by atoms with Crippen LogP contribution in [0.15, 0.2) is 24.3 Å². The predicted molar refractivity (Wildman–Crippen MR) is 118 cm³/mol. The monoisotopic (exact) mass is 425 g/mol. The van der Waals surface area contributed by atoms with Gasteiger partial charge in [-0.1, -0.05) is 12.1 Å². The van der Waals surface area contributed by atoms with Gasteiger partial charge in [0.25, 0.3) is 0 Å². The summed E-state index contributed by atoms with van der Waals surface area (Å²) in [7, 11) is 1.70. The zero-order valence-electron chi connectivity index (χ0n) is 18.9. The molecule has 31 heavy (non-hydrogen) atoms. The Hall–Kier alpha value is -2.04. The number of carbonyl (C=O) groups excluding carboxylic acids is 2. The third kappa shape index (κ3) is 3.54. The summed E-state index contributed by atoms with van der Waals surface area (Å²) in [6.45, 7) is 3.56. The summed E-state index contributed by atoms with van der Waals surface area (Å²) in [5.74, 6) is 2.17. The Labute approximate surface area is 185 Å². The number of hydrogen-bond acceptors (Lipinski definition) is 4. The van der Waals surface area contributed by atoms with E-state index in [0.717, 1.165) is 44.4 Å². The maximum absolute atomic E-state index is 14.0. The number of amides is 1. The molecule has 1 heterocycles. The molecule has 5 aliphatic rings. The third-order valence-corrected chi connectivity index (χ3v) is 8.55. The molecule has 1 aromatic carbocycles. The first kappa shape index (κ1) is 20.8. The lowest BCUT2D eigenvalue weighted by molar-refractivity contribution is -0.164. The van der Waals surface area contributed by atoms with E-state index in [1.165, 1.54) is 24.8 Å². The topological polar surface area (TPSA) is 55.8 Å². The van der Waals surface area contributed by atoms with E-state index < -0.39 is 0 Å². The van der Waals surface area contributed by atoms with Crippen LogP contribution in [0.1, 0.15) is 63.9 Å². The summed E-state index contributed by atoms with van der Waals surface area (Å²) in [5.41, 5.74) is 1.24. The van der Waals surface area contributed by atoms with Gasteiger partial charge in [-0.3, -0.25) is 9.59 Å². The SMILES string of the molecule is CCOC(=O)[C@H]1CCCN(C(=O)C23C[C@H]4C[C@@H](C2)CC(c2ccc(OC)cc2)(C4)C3)C1. The fourth-order valence-electron chi connectivity index (χ4n) is 7.74. The van der Waals surface area contributed by atoms with Gasteiger partial charge in [-0.2, -0.15) is 0 Å². The van der Waals surface area contributed by atoms with Crippen molar-refractivity contribution in [3.05, 3.63) is 29.8 Å². The lowest BCUT2D eigenvalue weighted by Crippen LogP contribution is -2.60. The largest absolute Gasteiger partial charge is 0.497 e. The minimum Gasteiger partial charge on any atom is -0.497 e. The highest BCUT2D eigenvalue weighted by Crippen LogP contribution is 2.66. The molecule has 1 saturated heterocycles. The van der Waals surface area contributed by atoms with Crippen LogP contribution in [0.2, 0.25) is 0 Å². The minimum absolute atomic E-state index is 0.113. The Balaban J connectivity index is 1.40. The van der Waals surface area contributed by atoms with Gasteiger partial charge in [-0.15, -0.1) is 0 Å². The van der Waals surface area contributed by atoms with E-state index in [0.29, 0.717) is 30.9 Å². The molecule has 1 aliphatic heterocycles. The Kier molecular flexibility index (Phi) is 5.26. The van der Waals surface area contributed by atoms with Gasteiger partial charge in [0.2, 0.25) is 5.91 Å². The Morgan fingerprint density at radius 1 is 1.10 bits per heavy atom. The number of carbonyl (C=O) groups is 2. The van der Waals surface area contributed by atoms with Crippen molar-refractivity contribution in [3.8, 4) is 5.75 Å². The van der Waals surface area contributed by atoms with Crippen molar-refractivity contribution in [2.75, 3.05) is 26.8 Å². The highest BCUT2D eigenvalue weighted by atomic mass is 16.5. The van der Waals surface area contributed by atoms with Gasteiger partial charge in [-0.25, -0.2) is 0 Å². The van der Waals surface area contributed by atoms with Crippen molar-refractivity contribution in [1.82, 2.24) is 4.90 Å². The van der Waals surface area contributed by atoms with Crippen molar-refractivity contribution in [3.63, 3.8) is 0 Å². The van der Waals surface area contributed by atoms with E-state index in [1.54, 1.807) is 7.11 Å². The van der Waals surface area contributed by atoms with Gasteiger partial charge >= 0.3 is 5.97 Å². The first-order valence-electron chi connectivity index (χ1n) is 12.1. The van der Waals surface area contributed by atoms with Gasteiger partial charge in [0, 0.05) is 13.1 Å². The van der Waals surface area contributed by atoms with E-state index in [2.05, 4.69) is 24.3 Å². The van der Waals surface area contributed by atoms with Crippen LogP contribution in [0.3, 0.4) is 0 Å². The molecule has 0 N–H and O–H groups in total. The summed E-state index contributed by atoms with van der Waals surface area (Å²) in [4.78, 5) is 28.4. The molecule has 2 unspecified atom stereocenters. The number of ether oxygens (including phenoxy) is 2. The highest BCUT2D eigenvalue weighted by Gasteiger charge is 2.61. The molecule has 1 amide bonds. The molecule has 5 fully saturated rings. The van der Waals surface area contributed by atoms with E-state index in [1.807, 2.05) is 11.8 Å². The van der Waals surface area contributed by atoms with E-state index in [4.69, 9.17) is 9.47 Å². The fourth-order valence-corrected chi connectivity index (χ4v) is 7.74. The smallest absolute Gasteiger partial charge is 0.310 e. The number of piperidine rings is 1. The van der Waals surface area contributed by atoms with Crippen LogP contribution >= 0.6 is 0 Å². The number of benzene rings is 1. The zero-order chi connectivity index (χ0) is 21.6. The summed E-state index contributed by atoms with van der Waals surface area (Å²) in [5, 5.41) is 0. The number of hydrogen-bond donors (Lipinski definition) is 0. The Morgan fingerprint density at radius 2 is 1.81 bits per heavy atom. The van der Waals surface area contributed by atoms with Gasteiger partial charge in [0.15, 0.2) is 0 Å². The molecule has 0 radical (unpaired) electrons. The molecule has 6 rings (SSSR count). The molecule has 5 atom stereocenters. The van der Waals surface area contributed by atoms with Gasteiger partial charge in [0.05, 0.1) is 25.0 Å². The Bertz CT molecular complexity index is 833. The highest BCUT2D eigenvalue weighted by molar-refractivity contribution is 5.84. The molecule has 1 aromatic rings. The normalized spacial score (nSPS) is 36.3. The van der Waals surface area contributed by atoms with Crippen LogP contribution in [0.5, 0.6) is 5.75 Å². The average molecular weight is 426 g/mol. The van der Waals surface area contributed by atoms with Crippen molar-refractivity contribution < 1.29 is 19.1 Å². The van der Waals surface area contributed by atoms with E-state index in [9.17, 15) is 9.59 Å². The lowest BCUT2D eigenvalue weighted by atomic mass is 9.42. The number of rotatable bonds is 5. The standard InChI is InChI=1S/C26H35NO4/c1-3-31-23(28)20-5-4-10-27(16-20)24(29)26-14-18-11-19(15-26)13-25(12-18,17-26)21-6-8-22(30-2)9-7-21/h6-9,18-20H,3-5,10-17H2,1-2H3/t18-,19+,20-,25?,26?/m0/s1. The van der Waals surface area contributed by atoms with Crippen molar-refractivity contribution >= 4 is 11.9 Å². The molecule has 5 heteroatoms. The van der Waals surface area contributed by atoms with Crippen LogP contribution in [-0.4, -0.2) is 43.6 Å². The quantitative estimate of drug-likeness (QED) is 0.659. The molecule has 4 saturated carbocycles. The first-order valence-corrected chi connectivity index (χ1v) is 12.1. The minimum atomic E-state index is -0.249. The van der Waals surface area contributed by atoms with Crippen LogP contribution in [-0.2, 0) is 19.7 Å². The maximum Gasteiger partial charge on any atom is 0.310 e. The van der Waals surface area contributed by atoms with Crippen LogP contribution < -0.4 is 4.74 Å². The van der Waals surface area contributed by atoms with Crippen molar-refractivity contribution in [2.24, 2.45) is 23.2 Å². The van der Waals surface area contributed by atoms with E-state index >= 15 is 0 Å². The number of methoxy groups -OCH3 is 1. The van der Waals surface area contributed by atoms with E-state index in [-0.39, 0.29) is 22.7 Å². The molecule has 5 nitrogen and oxygen atoms in total. The lowest BCUT2D eigenvalue weighted by Gasteiger charge is -2.62. The van der Waals surface area contributed by atoms with Crippen molar-refractivity contribution in [2.45, 2.75) is 63.7 Å². The number of esters is 1. The molecule has 0 aromatic heterocycles. The van der Waals surface area contributed by atoms with Gasteiger partial charge in [-0.05, 0) is 93.2 Å². The van der Waals surface area contributed by atoms with Crippen molar-refractivity contribution in [1.29, 1.82) is 0 Å². The molecule has 4 bridgehead atoms. The molecule has 168 valence electrons.